The quantitative estimate of drug-likeness (QED) is 0.837. The molecule has 0 aromatic heterocycles. The van der Waals surface area contributed by atoms with Gasteiger partial charge in [0.25, 0.3) is 5.91 Å². The number of hydrogen-bond acceptors (Lipinski definition) is 2. The molecule has 0 radical (unpaired) electrons. The maximum atomic E-state index is 11.8. The number of nitrogens with zero attached hydrogens (tertiary/aromatic N) is 1. The van der Waals surface area contributed by atoms with Crippen LogP contribution in [0.15, 0.2) is 24.3 Å². The zero-order chi connectivity index (χ0) is 13.5. The fraction of sp³-hybridized carbons (Fsp3) is 0.438. The fourth-order valence-electron chi connectivity index (χ4n) is 2.18. The summed E-state index contributed by atoms with van der Waals surface area (Å²) in [6, 6.07) is 7.57. The monoisotopic (exact) mass is 256 g/mol. The Bertz CT molecular complexity index is 493. The third-order valence-electron chi connectivity index (χ3n) is 3.24. The zero-order valence-corrected chi connectivity index (χ0v) is 11.4. The van der Waals surface area contributed by atoms with Crippen molar-refractivity contribution in [1.82, 2.24) is 10.2 Å². The molecule has 0 aliphatic carbocycles. The van der Waals surface area contributed by atoms with E-state index in [1.54, 1.807) is 0 Å². The van der Waals surface area contributed by atoms with Crippen LogP contribution in [0.5, 0.6) is 0 Å². The van der Waals surface area contributed by atoms with Crippen molar-refractivity contribution in [3.05, 3.63) is 35.4 Å². The van der Waals surface area contributed by atoms with Crippen LogP contribution in [-0.2, 0) is 0 Å². The smallest absolute Gasteiger partial charge is 0.252 e. The van der Waals surface area contributed by atoms with E-state index in [4.69, 9.17) is 0 Å². The maximum Gasteiger partial charge on any atom is 0.252 e. The van der Waals surface area contributed by atoms with Gasteiger partial charge >= 0.3 is 0 Å². The van der Waals surface area contributed by atoms with E-state index in [0.717, 1.165) is 25.2 Å². The van der Waals surface area contributed by atoms with E-state index in [1.165, 1.54) is 12.8 Å². The lowest BCUT2D eigenvalue weighted by atomic mass is 10.1. The molecule has 0 bridgehead atoms. The topological polar surface area (TPSA) is 32.3 Å². The average Bonchev–Trinajstić information content (AvgIpc) is 2.91. The Morgan fingerprint density at radius 2 is 2.11 bits per heavy atom. The number of amides is 1. The van der Waals surface area contributed by atoms with Gasteiger partial charge in [-0.3, -0.25) is 9.69 Å². The van der Waals surface area contributed by atoms with E-state index in [2.05, 4.69) is 22.1 Å². The molecule has 1 aliphatic rings. The van der Waals surface area contributed by atoms with E-state index in [0.29, 0.717) is 12.1 Å². The van der Waals surface area contributed by atoms with Crippen LogP contribution in [0.3, 0.4) is 0 Å². The van der Waals surface area contributed by atoms with E-state index in [-0.39, 0.29) is 5.91 Å². The Hall–Kier alpha value is -1.79. The molecule has 1 aromatic carbocycles. The zero-order valence-electron chi connectivity index (χ0n) is 11.4. The van der Waals surface area contributed by atoms with Gasteiger partial charge in [-0.2, -0.15) is 0 Å². The second-order valence-electron chi connectivity index (χ2n) is 4.89. The molecule has 1 fully saturated rings. The molecule has 1 aliphatic heterocycles. The van der Waals surface area contributed by atoms with Gasteiger partial charge in [-0.25, -0.2) is 0 Å². The van der Waals surface area contributed by atoms with E-state index >= 15 is 0 Å². The fourth-order valence-corrected chi connectivity index (χ4v) is 2.18. The van der Waals surface area contributed by atoms with Gasteiger partial charge in [0, 0.05) is 5.56 Å². The summed E-state index contributed by atoms with van der Waals surface area (Å²) in [7, 11) is 0. The highest BCUT2D eigenvalue weighted by Crippen LogP contribution is 2.05. The van der Waals surface area contributed by atoms with Gasteiger partial charge in [0.1, 0.15) is 0 Å². The lowest BCUT2D eigenvalue weighted by Gasteiger charge is -2.08. The van der Waals surface area contributed by atoms with Crippen LogP contribution < -0.4 is 5.32 Å². The van der Waals surface area contributed by atoms with Crippen LogP contribution in [0.1, 0.15) is 28.8 Å². The minimum absolute atomic E-state index is 0.0563. The summed E-state index contributed by atoms with van der Waals surface area (Å²) in [4.78, 5) is 14.2. The lowest BCUT2D eigenvalue weighted by Crippen LogP contribution is -2.24. The molecule has 0 spiro atoms. The van der Waals surface area contributed by atoms with Crippen molar-refractivity contribution < 1.29 is 4.79 Å². The molecule has 0 unspecified atom stereocenters. The Kier molecular flexibility index (Phi) is 5.00. The van der Waals surface area contributed by atoms with Crippen LogP contribution in [0.4, 0.5) is 0 Å². The molecule has 1 saturated heterocycles. The minimum atomic E-state index is -0.0563. The van der Waals surface area contributed by atoms with Crippen LogP contribution in [0.25, 0.3) is 0 Å². The van der Waals surface area contributed by atoms with Crippen molar-refractivity contribution in [3.63, 3.8) is 0 Å². The Morgan fingerprint density at radius 1 is 1.32 bits per heavy atom. The number of nitrogens with one attached hydrogen (secondary N) is 1. The Balaban J connectivity index is 1.73. The van der Waals surface area contributed by atoms with Gasteiger partial charge < -0.3 is 5.32 Å². The average molecular weight is 256 g/mol. The molecule has 2 rings (SSSR count). The summed E-state index contributed by atoms with van der Waals surface area (Å²) in [6.45, 7) is 5.53. The van der Waals surface area contributed by atoms with Crippen LogP contribution in [-0.4, -0.2) is 37.0 Å². The first-order chi connectivity index (χ1) is 9.25. The van der Waals surface area contributed by atoms with E-state index in [9.17, 15) is 4.79 Å². The van der Waals surface area contributed by atoms with Crippen molar-refractivity contribution in [2.45, 2.75) is 19.8 Å². The maximum absolute atomic E-state index is 11.8. The van der Waals surface area contributed by atoms with Gasteiger partial charge in [-0.05, 0) is 45.0 Å². The first-order valence-electron chi connectivity index (χ1n) is 6.78. The van der Waals surface area contributed by atoms with Gasteiger partial charge in [-0.1, -0.05) is 29.5 Å². The number of carbonyl (C=O) groups excluding carboxylic acids is 1. The number of hydrogen-bond donors (Lipinski definition) is 1. The van der Waals surface area contributed by atoms with Crippen LogP contribution in [0.2, 0.25) is 0 Å². The first-order valence-corrected chi connectivity index (χ1v) is 6.78. The highest BCUT2D eigenvalue weighted by molar-refractivity contribution is 5.94. The van der Waals surface area contributed by atoms with Crippen LogP contribution >= 0.6 is 0 Å². The molecule has 1 heterocycles. The molecule has 3 nitrogen and oxygen atoms in total. The van der Waals surface area contributed by atoms with Crippen LogP contribution in [0, 0.1) is 18.8 Å². The summed E-state index contributed by atoms with van der Waals surface area (Å²) in [5, 5.41) is 2.82. The van der Waals surface area contributed by atoms with E-state index in [1.807, 2.05) is 31.2 Å². The summed E-state index contributed by atoms with van der Waals surface area (Å²) in [6.07, 6.45) is 2.57. The Morgan fingerprint density at radius 3 is 2.84 bits per heavy atom. The SMILES string of the molecule is Cc1cccc(C(=O)NCC#CCN2CCCC2)c1. The molecule has 3 heteroatoms. The summed E-state index contributed by atoms with van der Waals surface area (Å²) in [5.41, 5.74) is 1.79. The number of benzene rings is 1. The molecule has 1 aromatic rings. The normalized spacial score (nSPS) is 14.8. The van der Waals surface area contributed by atoms with Crippen molar-refractivity contribution in [1.29, 1.82) is 0 Å². The molecule has 100 valence electrons. The predicted octanol–water partition coefficient (Wildman–Crippen LogP) is 1.82. The van der Waals surface area contributed by atoms with Gasteiger partial charge in [0.05, 0.1) is 13.1 Å². The summed E-state index contributed by atoms with van der Waals surface area (Å²) >= 11 is 0. The largest absolute Gasteiger partial charge is 0.341 e. The molecular formula is C16H20N2O. The first kappa shape index (κ1) is 13.6. The second kappa shape index (κ2) is 6.96. The van der Waals surface area contributed by atoms with Crippen molar-refractivity contribution in [2.75, 3.05) is 26.2 Å². The van der Waals surface area contributed by atoms with Crippen molar-refractivity contribution in [3.8, 4) is 11.8 Å². The predicted molar refractivity (Wildman–Crippen MR) is 77.0 cm³/mol. The molecule has 0 saturated carbocycles. The molecular weight excluding hydrogens is 236 g/mol. The number of likely N-dealkylation sites (tertiary alicyclic amines) is 1. The highest BCUT2D eigenvalue weighted by atomic mass is 16.1. The van der Waals surface area contributed by atoms with Crippen molar-refractivity contribution >= 4 is 5.91 Å². The van der Waals surface area contributed by atoms with Gasteiger partial charge in [0.15, 0.2) is 0 Å². The van der Waals surface area contributed by atoms with E-state index < -0.39 is 0 Å². The molecule has 0 atom stereocenters. The third-order valence-corrected chi connectivity index (χ3v) is 3.24. The van der Waals surface area contributed by atoms with Gasteiger partial charge in [-0.15, -0.1) is 0 Å². The molecule has 1 amide bonds. The second-order valence-corrected chi connectivity index (χ2v) is 4.89. The lowest BCUT2D eigenvalue weighted by molar-refractivity contribution is 0.0958. The number of rotatable bonds is 3. The summed E-state index contributed by atoms with van der Waals surface area (Å²) in [5.74, 6) is 6.05. The summed E-state index contributed by atoms with van der Waals surface area (Å²) < 4.78 is 0. The molecule has 1 N–H and O–H groups in total. The molecule has 19 heavy (non-hydrogen) atoms. The Labute approximate surface area is 115 Å². The van der Waals surface area contributed by atoms with Gasteiger partial charge in [0.2, 0.25) is 0 Å². The third kappa shape index (κ3) is 4.42. The standard InChI is InChI=1S/C16H20N2O/c1-14-7-6-8-15(13-14)16(19)17-9-2-3-10-18-11-4-5-12-18/h6-8,13H,4-5,9-12H2,1H3,(H,17,19). The number of aryl methyl sites for hydroxylation is 1. The number of carbonyl (C=O) groups is 1. The van der Waals surface area contributed by atoms with Crippen molar-refractivity contribution in [2.24, 2.45) is 0 Å². The minimum Gasteiger partial charge on any atom is -0.341 e. The highest BCUT2D eigenvalue weighted by Gasteiger charge is 2.08.